The zero-order valence-corrected chi connectivity index (χ0v) is 13.8. The summed E-state index contributed by atoms with van der Waals surface area (Å²) in [5.41, 5.74) is -0.147. The minimum Gasteiger partial charge on any atom is -0.335 e. The molecule has 0 aliphatic heterocycles. The zero-order chi connectivity index (χ0) is 16.4. The van der Waals surface area contributed by atoms with Crippen LogP contribution in [0.4, 0.5) is 0 Å². The molecule has 0 spiro atoms. The van der Waals surface area contributed by atoms with E-state index in [2.05, 4.69) is 4.98 Å². The molecule has 1 amide bonds. The Morgan fingerprint density at radius 2 is 2.13 bits per heavy atom. The fourth-order valence-electron chi connectivity index (χ4n) is 2.43. The van der Waals surface area contributed by atoms with Crippen molar-refractivity contribution in [2.45, 2.75) is 19.5 Å². The Morgan fingerprint density at radius 1 is 1.35 bits per heavy atom. The molecule has 23 heavy (non-hydrogen) atoms. The number of pyridine rings is 1. The summed E-state index contributed by atoms with van der Waals surface area (Å²) in [6.07, 6.45) is 3.40. The maximum atomic E-state index is 12.5. The summed E-state index contributed by atoms with van der Waals surface area (Å²) in [6, 6.07) is 9.13. The Morgan fingerprint density at radius 3 is 2.87 bits per heavy atom. The van der Waals surface area contributed by atoms with Crippen molar-refractivity contribution in [2.75, 3.05) is 7.05 Å². The summed E-state index contributed by atoms with van der Waals surface area (Å²) in [7, 11) is 1.74. The van der Waals surface area contributed by atoms with Gasteiger partial charge in [-0.2, -0.15) is 0 Å². The molecule has 6 heteroatoms. The first-order valence-corrected chi connectivity index (χ1v) is 8.19. The number of amides is 1. The highest BCUT2D eigenvalue weighted by atomic mass is 32.1. The lowest BCUT2D eigenvalue weighted by Crippen LogP contribution is -2.35. The lowest BCUT2D eigenvalue weighted by Gasteiger charge is -2.23. The van der Waals surface area contributed by atoms with Gasteiger partial charge in [-0.25, -0.2) is 4.98 Å². The molecule has 3 rings (SSSR count). The van der Waals surface area contributed by atoms with E-state index in [9.17, 15) is 9.59 Å². The SMILES string of the molecule is CC(c1nccs1)N(C)C(=O)Cn1ccc2ccccc2c1=O. The van der Waals surface area contributed by atoms with Crippen LogP contribution in [0.15, 0.2) is 52.9 Å². The second-order valence-electron chi connectivity index (χ2n) is 5.39. The van der Waals surface area contributed by atoms with Gasteiger partial charge in [0.05, 0.1) is 6.04 Å². The molecule has 0 fully saturated rings. The molecule has 0 bridgehead atoms. The Kier molecular flexibility index (Phi) is 4.25. The normalized spacial score (nSPS) is 12.3. The van der Waals surface area contributed by atoms with E-state index in [-0.39, 0.29) is 24.1 Å². The quantitative estimate of drug-likeness (QED) is 0.740. The Labute approximate surface area is 137 Å². The third-order valence-corrected chi connectivity index (χ3v) is 4.92. The number of nitrogens with zero attached hydrogens (tertiary/aromatic N) is 3. The van der Waals surface area contributed by atoms with Gasteiger partial charge < -0.3 is 9.47 Å². The van der Waals surface area contributed by atoms with Crippen LogP contribution >= 0.6 is 11.3 Å². The van der Waals surface area contributed by atoms with E-state index in [1.165, 1.54) is 15.9 Å². The number of fused-ring (bicyclic) bond motifs is 1. The minimum atomic E-state index is -0.147. The average molecular weight is 327 g/mol. The summed E-state index contributed by atoms with van der Waals surface area (Å²) in [6.45, 7) is 1.95. The fourth-order valence-corrected chi connectivity index (χ4v) is 3.17. The number of hydrogen-bond donors (Lipinski definition) is 0. The van der Waals surface area contributed by atoms with E-state index < -0.39 is 0 Å². The van der Waals surface area contributed by atoms with Crippen LogP contribution in [0, 0.1) is 0 Å². The molecule has 0 saturated heterocycles. The van der Waals surface area contributed by atoms with Crippen molar-refractivity contribution in [3.05, 3.63) is 63.5 Å². The fraction of sp³-hybridized carbons (Fsp3) is 0.235. The first-order chi connectivity index (χ1) is 11.1. The van der Waals surface area contributed by atoms with Crippen molar-refractivity contribution in [1.82, 2.24) is 14.5 Å². The molecule has 0 aliphatic rings. The molecule has 1 unspecified atom stereocenters. The Bertz CT molecular complexity index is 886. The lowest BCUT2D eigenvalue weighted by atomic mass is 10.2. The third kappa shape index (κ3) is 3.03. The van der Waals surface area contributed by atoms with Crippen molar-refractivity contribution in [2.24, 2.45) is 0 Å². The highest BCUT2D eigenvalue weighted by Gasteiger charge is 2.20. The summed E-state index contributed by atoms with van der Waals surface area (Å²) in [5, 5.41) is 4.27. The van der Waals surface area contributed by atoms with Crippen LogP contribution < -0.4 is 5.56 Å². The van der Waals surface area contributed by atoms with Crippen molar-refractivity contribution in [3.8, 4) is 0 Å². The van der Waals surface area contributed by atoms with Crippen molar-refractivity contribution in [3.63, 3.8) is 0 Å². The van der Waals surface area contributed by atoms with Gasteiger partial charge in [-0.05, 0) is 24.4 Å². The molecule has 0 radical (unpaired) electrons. The highest BCUT2D eigenvalue weighted by molar-refractivity contribution is 7.09. The number of hydrogen-bond acceptors (Lipinski definition) is 4. The van der Waals surface area contributed by atoms with Crippen LogP contribution in [0.5, 0.6) is 0 Å². The molecule has 2 heterocycles. The monoisotopic (exact) mass is 327 g/mol. The number of aromatic nitrogens is 2. The molecule has 3 aromatic rings. The van der Waals surface area contributed by atoms with Crippen LogP contribution in [0.1, 0.15) is 18.0 Å². The highest BCUT2D eigenvalue weighted by Crippen LogP contribution is 2.20. The Hall–Kier alpha value is -2.47. The van der Waals surface area contributed by atoms with Crippen LogP contribution in [0.3, 0.4) is 0 Å². The second-order valence-corrected chi connectivity index (χ2v) is 6.31. The number of carbonyl (C=O) groups is 1. The van der Waals surface area contributed by atoms with Crippen LogP contribution in [0.25, 0.3) is 10.8 Å². The van der Waals surface area contributed by atoms with Gasteiger partial charge in [0.15, 0.2) is 0 Å². The van der Waals surface area contributed by atoms with Gasteiger partial charge in [-0.3, -0.25) is 9.59 Å². The van der Waals surface area contributed by atoms with Crippen molar-refractivity contribution < 1.29 is 4.79 Å². The molecule has 2 aromatic heterocycles. The van der Waals surface area contributed by atoms with Gasteiger partial charge in [0.2, 0.25) is 5.91 Å². The maximum absolute atomic E-state index is 12.5. The number of carbonyl (C=O) groups excluding carboxylic acids is 1. The van der Waals surface area contributed by atoms with Crippen LogP contribution in [0.2, 0.25) is 0 Å². The number of benzene rings is 1. The standard InChI is InChI=1S/C17H17N3O2S/c1-12(16-18-8-10-23-16)19(2)15(21)11-20-9-7-13-5-3-4-6-14(13)17(20)22/h3-10,12H,11H2,1-2H3. The first-order valence-electron chi connectivity index (χ1n) is 7.31. The summed E-state index contributed by atoms with van der Waals surface area (Å²) < 4.78 is 1.45. The predicted octanol–water partition coefficient (Wildman–Crippen LogP) is 2.68. The van der Waals surface area contributed by atoms with Gasteiger partial charge >= 0.3 is 0 Å². The van der Waals surface area contributed by atoms with Crippen molar-refractivity contribution in [1.29, 1.82) is 0 Å². The zero-order valence-electron chi connectivity index (χ0n) is 13.0. The largest absolute Gasteiger partial charge is 0.335 e. The topological polar surface area (TPSA) is 55.2 Å². The molecule has 1 atom stereocenters. The minimum absolute atomic E-state index is 0.0237. The van der Waals surface area contributed by atoms with E-state index in [1.54, 1.807) is 30.4 Å². The predicted molar refractivity (Wildman–Crippen MR) is 91.5 cm³/mol. The summed E-state index contributed by atoms with van der Waals surface area (Å²) in [4.78, 5) is 30.8. The lowest BCUT2D eigenvalue weighted by molar-refractivity contribution is -0.132. The number of thiazole rings is 1. The average Bonchev–Trinajstić information content (AvgIpc) is 3.10. The third-order valence-electron chi connectivity index (χ3n) is 3.97. The van der Waals surface area contributed by atoms with E-state index in [4.69, 9.17) is 0 Å². The van der Waals surface area contributed by atoms with E-state index in [1.807, 2.05) is 36.6 Å². The number of likely N-dealkylation sites (N-methyl/N-ethyl adjacent to an activating group) is 1. The molecule has 118 valence electrons. The van der Waals surface area contributed by atoms with E-state index in [0.717, 1.165) is 10.4 Å². The van der Waals surface area contributed by atoms with Gasteiger partial charge in [0, 0.05) is 30.2 Å². The Balaban J connectivity index is 1.83. The molecule has 1 aromatic carbocycles. The number of rotatable bonds is 4. The summed E-state index contributed by atoms with van der Waals surface area (Å²) >= 11 is 1.51. The molecular weight excluding hydrogens is 310 g/mol. The van der Waals surface area contributed by atoms with Gasteiger partial charge in [0.1, 0.15) is 11.6 Å². The molecule has 0 aliphatic carbocycles. The van der Waals surface area contributed by atoms with Gasteiger partial charge in [-0.15, -0.1) is 11.3 Å². The smallest absolute Gasteiger partial charge is 0.258 e. The van der Waals surface area contributed by atoms with Crippen LogP contribution in [-0.4, -0.2) is 27.4 Å². The summed E-state index contributed by atoms with van der Waals surface area (Å²) in [5.74, 6) is -0.120. The first kappa shape index (κ1) is 15.4. The molecule has 0 N–H and O–H groups in total. The molecule has 0 saturated carbocycles. The second kappa shape index (κ2) is 6.34. The van der Waals surface area contributed by atoms with Crippen molar-refractivity contribution >= 4 is 28.0 Å². The molecular formula is C17H17N3O2S. The van der Waals surface area contributed by atoms with Gasteiger partial charge in [-0.1, -0.05) is 18.2 Å². The van der Waals surface area contributed by atoms with E-state index in [0.29, 0.717) is 5.39 Å². The molecule has 5 nitrogen and oxygen atoms in total. The van der Waals surface area contributed by atoms with Gasteiger partial charge in [0.25, 0.3) is 5.56 Å². The van der Waals surface area contributed by atoms with E-state index >= 15 is 0 Å². The maximum Gasteiger partial charge on any atom is 0.258 e. The van der Waals surface area contributed by atoms with Crippen LogP contribution in [-0.2, 0) is 11.3 Å².